The van der Waals surface area contributed by atoms with Crippen LogP contribution in [-0.4, -0.2) is 64.3 Å². The fourth-order valence-corrected chi connectivity index (χ4v) is 2.58. The van der Waals surface area contributed by atoms with Crippen molar-refractivity contribution in [2.45, 2.75) is 65.1 Å². The number of guanidine groups is 1. The van der Waals surface area contributed by atoms with E-state index >= 15 is 0 Å². The lowest BCUT2D eigenvalue weighted by Gasteiger charge is -2.26. The van der Waals surface area contributed by atoms with Crippen LogP contribution >= 0.6 is 24.0 Å². The summed E-state index contributed by atoms with van der Waals surface area (Å²) in [6.07, 6.45) is 3.72. The number of aryl methyl sites for hydroxylation is 2. The number of carbonyl (C=O) groups is 1. The number of aromatic nitrogens is 3. The third-order valence-electron chi connectivity index (χ3n) is 4.43. The summed E-state index contributed by atoms with van der Waals surface area (Å²) in [4.78, 5) is 22.4. The first-order chi connectivity index (χ1) is 11.9. The number of halogens is 1. The van der Waals surface area contributed by atoms with Gasteiger partial charge in [0, 0.05) is 39.0 Å². The highest BCUT2D eigenvalue weighted by atomic mass is 127. The van der Waals surface area contributed by atoms with E-state index in [0.717, 1.165) is 43.9 Å². The molecule has 9 heteroatoms. The van der Waals surface area contributed by atoms with Gasteiger partial charge in [0.1, 0.15) is 12.4 Å². The molecule has 26 heavy (non-hydrogen) atoms. The molecule has 1 aliphatic heterocycles. The second kappa shape index (κ2) is 10.7. The van der Waals surface area contributed by atoms with Crippen molar-refractivity contribution in [3.05, 3.63) is 11.6 Å². The van der Waals surface area contributed by atoms with Gasteiger partial charge in [-0.1, -0.05) is 13.8 Å². The first kappa shape index (κ1) is 22.7. The summed E-state index contributed by atoms with van der Waals surface area (Å²) in [7, 11) is 3.48. The Balaban J connectivity index is 0.00000338. The lowest BCUT2D eigenvalue weighted by molar-refractivity contribution is -0.127. The molecule has 2 atom stereocenters. The van der Waals surface area contributed by atoms with Crippen molar-refractivity contribution < 1.29 is 4.79 Å². The molecule has 0 radical (unpaired) electrons. The lowest BCUT2D eigenvalue weighted by Crippen LogP contribution is -2.49. The van der Waals surface area contributed by atoms with Gasteiger partial charge >= 0.3 is 0 Å². The zero-order valence-corrected chi connectivity index (χ0v) is 18.8. The summed E-state index contributed by atoms with van der Waals surface area (Å²) < 4.78 is 1.99. The predicted octanol–water partition coefficient (Wildman–Crippen LogP) is 1.20. The van der Waals surface area contributed by atoms with Crippen molar-refractivity contribution in [1.82, 2.24) is 30.3 Å². The van der Waals surface area contributed by atoms with E-state index in [1.165, 1.54) is 0 Å². The van der Waals surface area contributed by atoms with Crippen LogP contribution in [0.4, 0.5) is 0 Å². The maximum absolute atomic E-state index is 11.8. The molecule has 148 valence electrons. The molecule has 0 fully saturated rings. The topological polar surface area (TPSA) is 87.4 Å². The van der Waals surface area contributed by atoms with Crippen LogP contribution in [0, 0.1) is 0 Å². The van der Waals surface area contributed by atoms with Crippen molar-refractivity contribution in [3.8, 4) is 0 Å². The molecule has 1 aromatic rings. The van der Waals surface area contributed by atoms with Crippen LogP contribution in [0.3, 0.4) is 0 Å². The number of hydrogen-bond acceptors (Lipinski definition) is 4. The molecule has 0 bridgehead atoms. The quantitative estimate of drug-likeness (QED) is 0.365. The Morgan fingerprint density at radius 1 is 1.42 bits per heavy atom. The zero-order valence-electron chi connectivity index (χ0n) is 16.4. The van der Waals surface area contributed by atoms with Crippen molar-refractivity contribution in [3.63, 3.8) is 0 Å². The molecule has 1 aromatic heterocycles. The molecular formula is C17H32IN7O. The van der Waals surface area contributed by atoms with Gasteiger partial charge in [0.2, 0.25) is 5.91 Å². The van der Waals surface area contributed by atoms with E-state index in [0.29, 0.717) is 5.96 Å². The third-order valence-corrected chi connectivity index (χ3v) is 4.43. The highest BCUT2D eigenvalue weighted by Crippen LogP contribution is 2.13. The largest absolute Gasteiger partial charge is 0.354 e. The minimum Gasteiger partial charge on any atom is -0.354 e. The first-order valence-electron chi connectivity index (χ1n) is 9.13. The highest BCUT2D eigenvalue weighted by molar-refractivity contribution is 14.0. The predicted molar refractivity (Wildman–Crippen MR) is 114 cm³/mol. The van der Waals surface area contributed by atoms with Crippen LogP contribution in [-0.2, 0) is 24.2 Å². The number of aliphatic imine (C=N–C) groups is 1. The van der Waals surface area contributed by atoms with E-state index in [2.05, 4.69) is 46.5 Å². The molecule has 2 heterocycles. The number of rotatable bonds is 6. The van der Waals surface area contributed by atoms with E-state index < -0.39 is 0 Å². The Morgan fingerprint density at radius 2 is 2.15 bits per heavy atom. The van der Waals surface area contributed by atoms with Gasteiger partial charge in [0.05, 0.1) is 6.54 Å². The Bertz CT molecular complexity index is 614. The zero-order chi connectivity index (χ0) is 18.4. The SMILES string of the molecule is CCc1nc2n(n1)CC(NC(=NCC(=O)N(C)C)NC(C)CC)CC2.I. The molecule has 2 N–H and O–H groups in total. The Kier molecular flexibility index (Phi) is 9.31. The van der Waals surface area contributed by atoms with Crippen LogP contribution in [0.1, 0.15) is 45.3 Å². The molecule has 0 aromatic carbocycles. The normalized spacial score (nSPS) is 17.7. The molecule has 1 amide bonds. The first-order valence-corrected chi connectivity index (χ1v) is 9.13. The minimum absolute atomic E-state index is 0. The van der Waals surface area contributed by atoms with Crippen molar-refractivity contribution in [2.24, 2.45) is 4.99 Å². The van der Waals surface area contributed by atoms with Gasteiger partial charge < -0.3 is 15.5 Å². The molecule has 1 aliphatic rings. The van der Waals surface area contributed by atoms with Crippen LogP contribution in [0.15, 0.2) is 4.99 Å². The minimum atomic E-state index is -0.0138. The van der Waals surface area contributed by atoms with E-state index in [4.69, 9.17) is 0 Å². The van der Waals surface area contributed by atoms with E-state index in [9.17, 15) is 4.79 Å². The molecular weight excluding hydrogens is 445 g/mol. The fraction of sp³-hybridized carbons (Fsp3) is 0.765. The second-order valence-corrected chi connectivity index (χ2v) is 6.77. The number of carbonyl (C=O) groups excluding carboxylic acids is 1. The summed E-state index contributed by atoms with van der Waals surface area (Å²) in [5.74, 6) is 2.64. The third kappa shape index (κ3) is 6.40. The van der Waals surface area contributed by atoms with Crippen molar-refractivity contribution >= 4 is 35.8 Å². The molecule has 2 unspecified atom stereocenters. The number of fused-ring (bicyclic) bond motifs is 1. The molecule has 2 rings (SSSR count). The van der Waals surface area contributed by atoms with Gasteiger partial charge in [-0.25, -0.2) is 14.7 Å². The maximum Gasteiger partial charge on any atom is 0.243 e. The van der Waals surface area contributed by atoms with E-state index in [1.807, 2.05) is 4.68 Å². The number of nitrogens with one attached hydrogen (secondary N) is 2. The van der Waals surface area contributed by atoms with Gasteiger partial charge in [-0.3, -0.25) is 4.79 Å². The summed E-state index contributed by atoms with van der Waals surface area (Å²) in [6.45, 7) is 7.20. The van der Waals surface area contributed by atoms with Crippen molar-refractivity contribution in [1.29, 1.82) is 0 Å². The lowest BCUT2D eigenvalue weighted by atomic mass is 10.1. The molecule has 0 spiro atoms. The summed E-state index contributed by atoms with van der Waals surface area (Å²) in [6, 6.07) is 0.515. The number of nitrogens with zero attached hydrogens (tertiary/aromatic N) is 5. The van der Waals surface area contributed by atoms with Crippen LogP contribution in [0.25, 0.3) is 0 Å². The monoisotopic (exact) mass is 477 g/mol. The van der Waals surface area contributed by atoms with Gasteiger partial charge in [-0.05, 0) is 19.8 Å². The standard InChI is InChI=1S/C17H31N7O.HI/c1-6-12(3)19-17(18-10-16(25)23(4)5)20-13-8-9-15-21-14(7-2)22-24(15)11-13;/h12-13H,6-11H2,1-5H3,(H2,18,19,20);1H. The molecule has 8 nitrogen and oxygen atoms in total. The van der Waals surface area contributed by atoms with E-state index in [1.54, 1.807) is 19.0 Å². The van der Waals surface area contributed by atoms with Gasteiger partial charge in [-0.15, -0.1) is 24.0 Å². The Labute approximate surface area is 173 Å². The van der Waals surface area contributed by atoms with Crippen LogP contribution in [0.2, 0.25) is 0 Å². The highest BCUT2D eigenvalue weighted by Gasteiger charge is 2.22. The fourth-order valence-electron chi connectivity index (χ4n) is 2.58. The Morgan fingerprint density at radius 3 is 2.77 bits per heavy atom. The summed E-state index contributed by atoms with van der Waals surface area (Å²) >= 11 is 0. The van der Waals surface area contributed by atoms with Gasteiger partial charge in [0.25, 0.3) is 0 Å². The van der Waals surface area contributed by atoms with Crippen LogP contribution < -0.4 is 10.6 Å². The molecule has 0 aliphatic carbocycles. The van der Waals surface area contributed by atoms with Gasteiger partial charge in [0.15, 0.2) is 11.8 Å². The smallest absolute Gasteiger partial charge is 0.243 e. The van der Waals surface area contributed by atoms with E-state index in [-0.39, 0.29) is 48.5 Å². The van der Waals surface area contributed by atoms with Gasteiger partial charge in [-0.2, -0.15) is 5.10 Å². The summed E-state index contributed by atoms with van der Waals surface area (Å²) in [5, 5.41) is 11.4. The van der Waals surface area contributed by atoms with Crippen LogP contribution in [0.5, 0.6) is 0 Å². The number of amides is 1. The Hall–Kier alpha value is -1.39. The number of likely N-dealkylation sites (N-methyl/N-ethyl adjacent to an activating group) is 1. The average Bonchev–Trinajstić information content (AvgIpc) is 3.01. The molecule has 0 saturated heterocycles. The second-order valence-electron chi connectivity index (χ2n) is 6.77. The number of hydrogen-bond donors (Lipinski definition) is 2. The maximum atomic E-state index is 11.8. The van der Waals surface area contributed by atoms with Crippen molar-refractivity contribution in [2.75, 3.05) is 20.6 Å². The summed E-state index contributed by atoms with van der Waals surface area (Å²) in [5.41, 5.74) is 0. The molecule has 0 saturated carbocycles. The average molecular weight is 477 g/mol.